The number of nitrogens with one attached hydrogen (secondary N) is 1. The highest BCUT2D eigenvalue weighted by Gasteiger charge is 2.33. The van der Waals surface area contributed by atoms with E-state index in [-0.39, 0.29) is 23.8 Å². The van der Waals surface area contributed by atoms with Gasteiger partial charge in [0.1, 0.15) is 0 Å². The number of carbonyl (C=O) groups excluding carboxylic acids is 1. The molecule has 1 aliphatic rings. The molecule has 4 N–H and O–H groups in total. The summed E-state index contributed by atoms with van der Waals surface area (Å²) in [5.74, 6) is -0.729. The normalized spacial score (nSPS) is 19.3. The summed E-state index contributed by atoms with van der Waals surface area (Å²) in [6, 6.07) is 0.0280. The van der Waals surface area contributed by atoms with Crippen LogP contribution in [-0.2, 0) is 9.59 Å². The number of carboxylic acids is 1. The molecular weight excluding hydrogens is 256 g/mol. The summed E-state index contributed by atoms with van der Waals surface area (Å²) < 4.78 is 0. The summed E-state index contributed by atoms with van der Waals surface area (Å²) >= 11 is 0. The Kier molecular flexibility index (Phi) is 6.99. The van der Waals surface area contributed by atoms with Crippen LogP contribution in [0.4, 0.5) is 0 Å². The number of aliphatic carboxylic acids is 1. The van der Waals surface area contributed by atoms with Crippen LogP contribution < -0.4 is 11.1 Å². The van der Waals surface area contributed by atoms with Gasteiger partial charge in [-0.25, -0.2) is 0 Å². The molecule has 1 amide bonds. The van der Waals surface area contributed by atoms with Crippen molar-refractivity contribution in [1.82, 2.24) is 5.32 Å². The van der Waals surface area contributed by atoms with Gasteiger partial charge in [-0.15, -0.1) is 0 Å². The second kappa shape index (κ2) is 8.25. The van der Waals surface area contributed by atoms with Gasteiger partial charge >= 0.3 is 5.97 Å². The maximum Gasteiger partial charge on any atom is 0.303 e. The third-order valence-electron chi connectivity index (χ3n) is 4.32. The average molecular weight is 284 g/mol. The van der Waals surface area contributed by atoms with Crippen molar-refractivity contribution in [3.63, 3.8) is 0 Å². The molecule has 1 atom stereocenters. The second-order valence-corrected chi connectivity index (χ2v) is 6.20. The quantitative estimate of drug-likeness (QED) is 0.636. The lowest BCUT2D eigenvalue weighted by atomic mass is 9.71. The van der Waals surface area contributed by atoms with E-state index < -0.39 is 5.97 Å². The van der Waals surface area contributed by atoms with E-state index in [1.165, 1.54) is 19.3 Å². The fraction of sp³-hybridized carbons (Fsp3) is 0.867. The molecule has 1 aliphatic carbocycles. The van der Waals surface area contributed by atoms with Crippen LogP contribution in [0.3, 0.4) is 0 Å². The molecule has 0 heterocycles. The Hall–Kier alpha value is -1.10. The van der Waals surface area contributed by atoms with Gasteiger partial charge in [-0.2, -0.15) is 0 Å². The van der Waals surface area contributed by atoms with Crippen LogP contribution in [0.15, 0.2) is 0 Å². The average Bonchev–Trinajstić information content (AvgIpc) is 2.39. The molecule has 116 valence electrons. The Balaban J connectivity index is 2.32. The van der Waals surface area contributed by atoms with Gasteiger partial charge < -0.3 is 16.2 Å². The van der Waals surface area contributed by atoms with Crippen molar-refractivity contribution in [1.29, 1.82) is 0 Å². The van der Waals surface area contributed by atoms with Crippen LogP contribution in [0.5, 0.6) is 0 Å². The van der Waals surface area contributed by atoms with Gasteiger partial charge in [0.15, 0.2) is 0 Å². The third kappa shape index (κ3) is 5.90. The number of amides is 1. The van der Waals surface area contributed by atoms with Crippen LogP contribution >= 0.6 is 0 Å². The minimum absolute atomic E-state index is 0.0108. The van der Waals surface area contributed by atoms with Crippen molar-refractivity contribution in [2.24, 2.45) is 11.1 Å². The highest BCUT2D eigenvalue weighted by Crippen LogP contribution is 2.38. The largest absolute Gasteiger partial charge is 0.481 e. The van der Waals surface area contributed by atoms with Crippen molar-refractivity contribution in [3.05, 3.63) is 0 Å². The van der Waals surface area contributed by atoms with Crippen molar-refractivity contribution in [2.75, 3.05) is 6.54 Å². The van der Waals surface area contributed by atoms with Crippen LogP contribution in [-0.4, -0.2) is 29.6 Å². The van der Waals surface area contributed by atoms with Gasteiger partial charge in [0.25, 0.3) is 0 Å². The smallest absolute Gasteiger partial charge is 0.303 e. The first kappa shape index (κ1) is 17.0. The zero-order chi connectivity index (χ0) is 15.0. The van der Waals surface area contributed by atoms with Crippen LogP contribution in [0.25, 0.3) is 0 Å². The summed E-state index contributed by atoms with van der Waals surface area (Å²) in [5, 5.41) is 11.6. The van der Waals surface area contributed by atoms with E-state index >= 15 is 0 Å². The summed E-state index contributed by atoms with van der Waals surface area (Å²) in [4.78, 5) is 22.5. The number of nitrogens with two attached hydrogens (primary N) is 1. The van der Waals surface area contributed by atoms with Gasteiger partial charge in [-0.05, 0) is 44.6 Å². The molecule has 1 saturated carbocycles. The topological polar surface area (TPSA) is 92.4 Å². The lowest BCUT2D eigenvalue weighted by Gasteiger charge is -2.36. The van der Waals surface area contributed by atoms with Crippen molar-refractivity contribution in [2.45, 2.75) is 70.8 Å². The van der Waals surface area contributed by atoms with Gasteiger partial charge in [-0.1, -0.05) is 19.3 Å². The van der Waals surface area contributed by atoms with Gasteiger partial charge in [0.05, 0.1) is 0 Å². The first-order chi connectivity index (χ1) is 9.47. The molecule has 0 spiro atoms. The maximum atomic E-state index is 12.1. The Labute approximate surface area is 121 Å². The molecule has 5 nitrogen and oxygen atoms in total. The third-order valence-corrected chi connectivity index (χ3v) is 4.32. The van der Waals surface area contributed by atoms with E-state index in [9.17, 15) is 9.59 Å². The lowest BCUT2D eigenvalue weighted by molar-refractivity contribution is -0.137. The molecule has 1 rings (SSSR count). The van der Waals surface area contributed by atoms with Crippen molar-refractivity contribution in [3.8, 4) is 0 Å². The lowest BCUT2D eigenvalue weighted by Crippen LogP contribution is -2.41. The van der Waals surface area contributed by atoms with Crippen LogP contribution in [0.1, 0.15) is 64.7 Å². The van der Waals surface area contributed by atoms with E-state index in [1.807, 2.05) is 6.92 Å². The highest BCUT2D eigenvalue weighted by atomic mass is 16.4. The Morgan fingerprint density at radius 1 is 1.30 bits per heavy atom. The van der Waals surface area contributed by atoms with E-state index in [1.54, 1.807) is 0 Å². The Morgan fingerprint density at radius 2 is 1.95 bits per heavy atom. The molecule has 0 bridgehead atoms. The zero-order valence-electron chi connectivity index (χ0n) is 12.5. The van der Waals surface area contributed by atoms with Gasteiger partial charge in [0, 0.05) is 18.9 Å². The van der Waals surface area contributed by atoms with Crippen LogP contribution in [0, 0.1) is 5.41 Å². The Bertz CT molecular complexity index is 325. The monoisotopic (exact) mass is 284 g/mol. The minimum Gasteiger partial charge on any atom is -0.481 e. The van der Waals surface area contributed by atoms with Crippen molar-refractivity contribution >= 4 is 11.9 Å². The maximum absolute atomic E-state index is 12.1. The second-order valence-electron chi connectivity index (χ2n) is 6.20. The summed E-state index contributed by atoms with van der Waals surface area (Å²) in [5.41, 5.74) is 5.87. The van der Waals surface area contributed by atoms with E-state index in [2.05, 4.69) is 5.32 Å². The minimum atomic E-state index is -0.784. The molecule has 0 aliphatic heterocycles. The number of rotatable bonds is 8. The zero-order valence-corrected chi connectivity index (χ0v) is 12.5. The molecule has 20 heavy (non-hydrogen) atoms. The summed E-state index contributed by atoms with van der Waals surface area (Å²) in [7, 11) is 0. The predicted octanol–water partition coefficient (Wildman–Crippen LogP) is 2.05. The molecule has 5 heteroatoms. The molecule has 1 unspecified atom stereocenters. The van der Waals surface area contributed by atoms with E-state index in [4.69, 9.17) is 10.8 Å². The molecule has 0 radical (unpaired) electrons. The molecular formula is C15H28N2O3. The molecule has 0 saturated heterocycles. The predicted molar refractivity (Wildman–Crippen MR) is 78.3 cm³/mol. The molecule has 0 aromatic heterocycles. The number of hydrogen-bond acceptors (Lipinski definition) is 3. The molecule has 1 fully saturated rings. The van der Waals surface area contributed by atoms with Gasteiger partial charge in [-0.3, -0.25) is 9.59 Å². The fourth-order valence-electron chi connectivity index (χ4n) is 3.05. The van der Waals surface area contributed by atoms with Crippen molar-refractivity contribution < 1.29 is 14.7 Å². The van der Waals surface area contributed by atoms with E-state index in [0.717, 1.165) is 12.8 Å². The number of carboxylic acid groups (broad SMARTS) is 1. The first-order valence-electron chi connectivity index (χ1n) is 7.69. The molecule has 0 aromatic rings. The van der Waals surface area contributed by atoms with Gasteiger partial charge in [0.2, 0.25) is 5.91 Å². The highest BCUT2D eigenvalue weighted by molar-refractivity contribution is 5.77. The Morgan fingerprint density at radius 3 is 2.50 bits per heavy atom. The first-order valence-corrected chi connectivity index (χ1v) is 7.69. The standard InChI is InChI=1S/C15H28N2O3/c1-12(6-5-7-14(19)20)17-13(18)10-15(11-16)8-3-2-4-9-15/h12H,2-11,16H2,1H3,(H,17,18)(H,19,20). The summed E-state index contributed by atoms with van der Waals surface area (Å²) in [6.07, 6.45) is 7.63. The SMILES string of the molecule is CC(CCCC(=O)O)NC(=O)CC1(CN)CCCCC1. The van der Waals surface area contributed by atoms with Crippen LogP contribution in [0.2, 0.25) is 0 Å². The summed E-state index contributed by atoms with van der Waals surface area (Å²) in [6.45, 7) is 2.50. The van der Waals surface area contributed by atoms with E-state index in [0.29, 0.717) is 25.8 Å². The number of hydrogen-bond donors (Lipinski definition) is 3. The number of carbonyl (C=O) groups is 2. The molecule has 0 aromatic carbocycles. The fourth-order valence-corrected chi connectivity index (χ4v) is 3.05.